The van der Waals surface area contributed by atoms with Gasteiger partial charge in [0.05, 0.1) is 6.04 Å². The summed E-state index contributed by atoms with van der Waals surface area (Å²) < 4.78 is 0. The number of ketones is 1. The molecule has 0 amide bonds. The number of nitrogens with zero attached hydrogens (tertiary/aromatic N) is 1. The first-order valence-corrected chi connectivity index (χ1v) is 4.95. The second kappa shape index (κ2) is 4.04. The molecule has 0 radical (unpaired) electrons. The molecule has 0 aromatic rings. The zero-order valence-corrected chi connectivity index (χ0v) is 8.34. The maximum atomic E-state index is 11.5. The number of carbonyl (C=O) groups is 1. The minimum atomic E-state index is 0.231. The molecule has 0 saturated carbocycles. The third-order valence-corrected chi connectivity index (χ3v) is 2.68. The van der Waals surface area contributed by atoms with Crippen molar-refractivity contribution in [3.05, 3.63) is 0 Å². The van der Waals surface area contributed by atoms with Crippen molar-refractivity contribution >= 4 is 5.78 Å². The second-order valence-electron chi connectivity index (χ2n) is 3.81. The van der Waals surface area contributed by atoms with E-state index in [0.717, 1.165) is 13.0 Å². The fraction of sp³-hybridized carbons (Fsp3) is 0.900. The van der Waals surface area contributed by atoms with E-state index < -0.39 is 0 Å². The van der Waals surface area contributed by atoms with Crippen LogP contribution in [-0.2, 0) is 4.79 Å². The number of hydrogen-bond donors (Lipinski definition) is 0. The van der Waals surface area contributed by atoms with E-state index in [1.807, 2.05) is 6.92 Å². The van der Waals surface area contributed by atoms with E-state index in [9.17, 15) is 4.79 Å². The van der Waals surface area contributed by atoms with Crippen LogP contribution in [-0.4, -0.2) is 29.3 Å². The summed E-state index contributed by atoms with van der Waals surface area (Å²) in [5.41, 5.74) is 0. The van der Waals surface area contributed by atoms with Crippen LogP contribution in [0.1, 0.15) is 40.0 Å². The van der Waals surface area contributed by atoms with Gasteiger partial charge in [-0.1, -0.05) is 6.92 Å². The molecule has 0 bridgehead atoms. The highest BCUT2D eigenvalue weighted by Gasteiger charge is 2.30. The Morgan fingerprint density at radius 2 is 2.25 bits per heavy atom. The molecule has 0 aliphatic carbocycles. The Morgan fingerprint density at radius 3 is 2.75 bits per heavy atom. The van der Waals surface area contributed by atoms with E-state index in [0.29, 0.717) is 18.2 Å². The smallest absolute Gasteiger partial charge is 0.149 e. The SMILES string of the molecule is CCC(=O)C1CCCN1C(C)C. The van der Waals surface area contributed by atoms with E-state index in [2.05, 4.69) is 18.7 Å². The summed E-state index contributed by atoms with van der Waals surface area (Å²) in [6.45, 7) is 7.40. The van der Waals surface area contributed by atoms with Crippen LogP contribution < -0.4 is 0 Å². The summed E-state index contributed by atoms with van der Waals surface area (Å²) in [6.07, 6.45) is 2.95. The van der Waals surface area contributed by atoms with Gasteiger partial charge in [0.2, 0.25) is 0 Å². The van der Waals surface area contributed by atoms with Crippen LogP contribution in [0.4, 0.5) is 0 Å². The molecule has 70 valence electrons. The summed E-state index contributed by atoms with van der Waals surface area (Å²) in [4.78, 5) is 13.8. The maximum absolute atomic E-state index is 11.5. The Bertz CT molecular complexity index is 165. The van der Waals surface area contributed by atoms with Gasteiger partial charge in [-0.2, -0.15) is 0 Å². The van der Waals surface area contributed by atoms with Crippen molar-refractivity contribution in [3.8, 4) is 0 Å². The average molecular weight is 169 g/mol. The number of hydrogen-bond acceptors (Lipinski definition) is 2. The number of rotatable bonds is 3. The molecule has 1 aliphatic heterocycles. The van der Waals surface area contributed by atoms with Crippen LogP contribution in [0.25, 0.3) is 0 Å². The van der Waals surface area contributed by atoms with Crippen LogP contribution in [0.15, 0.2) is 0 Å². The molecule has 0 N–H and O–H groups in total. The highest BCUT2D eigenvalue weighted by atomic mass is 16.1. The van der Waals surface area contributed by atoms with Gasteiger partial charge in [0.25, 0.3) is 0 Å². The van der Waals surface area contributed by atoms with E-state index in [1.165, 1.54) is 6.42 Å². The Balaban J connectivity index is 2.57. The zero-order chi connectivity index (χ0) is 9.14. The Kier molecular flexibility index (Phi) is 3.27. The largest absolute Gasteiger partial charge is 0.298 e. The Morgan fingerprint density at radius 1 is 1.58 bits per heavy atom. The lowest BCUT2D eigenvalue weighted by atomic mass is 10.1. The molecule has 1 heterocycles. The Labute approximate surface area is 74.9 Å². The summed E-state index contributed by atoms with van der Waals surface area (Å²) in [5.74, 6) is 0.418. The molecule has 0 aromatic heterocycles. The van der Waals surface area contributed by atoms with Gasteiger partial charge in [-0.15, -0.1) is 0 Å². The quantitative estimate of drug-likeness (QED) is 0.642. The van der Waals surface area contributed by atoms with Crippen LogP contribution >= 0.6 is 0 Å². The monoisotopic (exact) mass is 169 g/mol. The van der Waals surface area contributed by atoms with Crippen molar-refractivity contribution in [1.82, 2.24) is 4.90 Å². The molecule has 1 rings (SSSR count). The molecule has 1 fully saturated rings. The molecule has 12 heavy (non-hydrogen) atoms. The summed E-state index contributed by atoms with van der Waals surface area (Å²) in [5, 5.41) is 0. The van der Waals surface area contributed by atoms with Crippen molar-refractivity contribution < 1.29 is 4.79 Å². The lowest BCUT2D eigenvalue weighted by Gasteiger charge is -2.26. The van der Waals surface area contributed by atoms with E-state index in [4.69, 9.17) is 0 Å². The van der Waals surface area contributed by atoms with Gasteiger partial charge in [0.1, 0.15) is 5.78 Å². The van der Waals surface area contributed by atoms with Crippen molar-refractivity contribution in [1.29, 1.82) is 0 Å². The maximum Gasteiger partial charge on any atom is 0.149 e. The van der Waals surface area contributed by atoms with Crippen molar-refractivity contribution in [2.45, 2.75) is 52.1 Å². The lowest BCUT2D eigenvalue weighted by Crippen LogP contribution is -2.40. The van der Waals surface area contributed by atoms with Gasteiger partial charge >= 0.3 is 0 Å². The molecular weight excluding hydrogens is 150 g/mol. The average Bonchev–Trinajstić information content (AvgIpc) is 2.50. The zero-order valence-electron chi connectivity index (χ0n) is 8.34. The van der Waals surface area contributed by atoms with Crippen LogP contribution in [0, 0.1) is 0 Å². The van der Waals surface area contributed by atoms with Crippen molar-refractivity contribution in [2.75, 3.05) is 6.54 Å². The van der Waals surface area contributed by atoms with Gasteiger partial charge in [-0.3, -0.25) is 9.69 Å². The molecule has 1 unspecified atom stereocenters. The highest BCUT2D eigenvalue weighted by Crippen LogP contribution is 2.21. The molecule has 2 nitrogen and oxygen atoms in total. The molecule has 0 spiro atoms. The summed E-state index contributed by atoms with van der Waals surface area (Å²) in [7, 11) is 0. The first-order chi connectivity index (χ1) is 5.66. The molecule has 1 atom stereocenters. The van der Waals surface area contributed by atoms with Crippen molar-refractivity contribution in [3.63, 3.8) is 0 Å². The topological polar surface area (TPSA) is 20.3 Å². The predicted octanol–water partition coefficient (Wildman–Crippen LogP) is 1.84. The fourth-order valence-corrected chi connectivity index (χ4v) is 1.99. The standard InChI is InChI=1S/C10H19NO/c1-4-10(12)9-6-5-7-11(9)8(2)3/h8-9H,4-7H2,1-3H3. The van der Waals surface area contributed by atoms with E-state index in [-0.39, 0.29) is 6.04 Å². The Hall–Kier alpha value is -0.370. The van der Waals surface area contributed by atoms with E-state index in [1.54, 1.807) is 0 Å². The number of carbonyl (C=O) groups excluding carboxylic acids is 1. The number of likely N-dealkylation sites (tertiary alicyclic amines) is 1. The molecule has 1 aliphatic rings. The molecule has 0 aromatic carbocycles. The first-order valence-electron chi connectivity index (χ1n) is 4.95. The fourth-order valence-electron chi connectivity index (χ4n) is 1.99. The minimum absolute atomic E-state index is 0.231. The first kappa shape index (κ1) is 9.72. The van der Waals surface area contributed by atoms with Crippen molar-refractivity contribution in [2.24, 2.45) is 0 Å². The molecule has 2 heteroatoms. The number of Topliss-reactive ketones (excluding diaryl/α,β-unsaturated/α-hetero) is 1. The minimum Gasteiger partial charge on any atom is -0.298 e. The summed E-state index contributed by atoms with van der Waals surface area (Å²) in [6, 6.07) is 0.753. The summed E-state index contributed by atoms with van der Waals surface area (Å²) >= 11 is 0. The lowest BCUT2D eigenvalue weighted by molar-refractivity contribution is -0.123. The van der Waals surface area contributed by atoms with Crippen LogP contribution in [0.3, 0.4) is 0 Å². The van der Waals surface area contributed by atoms with E-state index >= 15 is 0 Å². The normalized spacial score (nSPS) is 25.2. The van der Waals surface area contributed by atoms with Gasteiger partial charge in [0, 0.05) is 12.5 Å². The molecule has 1 saturated heterocycles. The molecular formula is C10H19NO. The van der Waals surface area contributed by atoms with Crippen LogP contribution in [0.2, 0.25) is 0 Å². The third kappa shape index (κ3) is 1.86. The third-order valence-electron chi connectivity index (χ3n) is 2.68. The van der Waals surface area contributed by atoms with Gasteiger partial charge in [-0.05, 0) is 33.2 Å². The van der Waals surface area contributed by atoms with Gasteiger partial charge < -0.3 is 0 Å². The van der Waals surface area contributed by atoms with Crippen LogP contribution in [0.5, 0.6) is 0 Å². The van der Waals surface area contributed by atoms with Gasteiger partial charge in [-0.25, -0.2) is 0 Å². The second-order valence-corrected chi connectivity index (χ2v) is 3.81. The highest BCUT2D eigenvalue weighted by molar-refractivity contribution is 5.84. The van der Waals surface area contributed by atoms with Gasteiger partial charge in [0.15, 0.2) is 0 Å². The predicted molar refractivity (Wildman–Crippen MR) is 50.2 cm³/mol.